The lowest BCUT2D eigenvalue weighted by Gasteiger charge is -2.23. The molecule has 5 amide bonds. The summed E-state index contributed by atoms with van der Waals surface area (Å²) >= 11 is 0. The number of hydrogen-bond donors (Lipinski definition) is 7. The smallest absolute Gasteiger partial charge is 0.326 e. The van der Waals surface area contributed by atoms with Crippen LogP contribution in [-0.2, 0) is 35.2 Å². The first-order valence-corrected chi connectivity index (χ1v) is 10.4. The molecule has 0 saturated heterocycles. The van der Waals surface area contributed by atoms with E-state index in [0.29, 0.717) is 5.56 Å². The van der Waals surface area contributed by atoms with E-state index in [2.05, 4.69) is 16.0 Å². The van der Waals surface area contributed by atoms with Gasteiger partial charge in [-0.2, -0.15) is 0 Å². The quantitative estimate of drug-likeness (QED) is 0.148. The highest BCUT2D eigenvalue weighted by atomic mass is 16.4. The minimum atomic E-state index is -1.48. The van der Waals surface area contributed by atoms with Gasteiger partial charge in [-0.15, -0.1) is 0 Å². The first kappa shape index (κ1) is 28.0. The Morgan fingerprint density at radius 2 is 1.44 bits per heavy atom. The number of amides is 5. The number of nitrogens with one attached hydrogen (secondary N) is 3. The summed E-state index contributed by atoms with van der Waals surface area (Å²) in [7, 11) is 0. The molecule has 0 fully saturated rings. The van der Waals surface area contributed by atoms with Crippen LogP contribution in [0.5, 0.6) is 0 Å². The molecule has 1 aromatic rings. The van der Waals surface area contributed by atoms with Crippen molar-refractivity contribution in [1.29, 1.82) is 0 Å². The Hall–Kier alpha value is -4.00. The average molecular weight is 479 g/mol. The Bertz CT molecular complexity index is 908. The summed E-state index contributed by atoms with van der Waals surface area (Å²) in [5, 5.41) is 16.4. The van der Waals surface area contributed by atoms with Crippen molar-refractivity contribution in [3.63, 3.8) is 0 Å². The molecule has 1 aromatic carbocycles. The second-order valence-electron chi connectivity index (χ2n) is 7.66. The van der Waals surface area contributed by atoms with Crippen molar-refractivity contribution >= 4 is 35.5 Å². The molecule has 1 rings (SSSR count). The number of aliphatic carboxylic acids is 1. The van der Waals surface area contributed by atoms with E-state index in [1.54, 1.807) is 30.3 Å². The van der Waals surface area contributed by atoms with Gasteiger partial charge in [-0.1, -0.05) is 30.3 Å². The van der Waals surface area contributed by atoms with Crippen LogP contribution in [0.1, 0.15) is 31.7 Å². The van der Waals surface area contributed by atoms with Crippen LogP contribution in [0.25, 0.3) is 0 Å². The van der Waals surface area contributed by atoms with Gasteiger partial charge < -0.3 is 38.3 Å². The van der Waals surface area contributed by atoms with Crippen LogP contribution in [0.4, 0.5) is 0 Å². The highest BCUT2D eigenvalue weighted by molar-refractivity contribution is 5.96. The third-order valence-electron chi connectivity index (χ3n) is 4.73. The molecule has 186 valence electrons. The first-order valence-electron chi connectivity index (χ1n) is 10.4. The van der Waals surface area contributed by atoms with E-state index in [1.165, 1.54) is 6.92 Å². The van der Waals surface area contributed by atoms with Crippen LogP contribution < -0.4 is 33.2 Å². The zero-order chi connectivity index (χ0) is 25.8. The molecule has 0 saturated carbocycles. The normalized spacial score (nSPS) is 14.1. The van der Waals surface area contributed by atoms with E-state index in [0.717, 1.165) is 0 Å². The summed E-state index contributed by atoms with van der Waals surface area (Å²) in [6.07, 6.45) is -0.785. The number of rotatable bonds is 14. The number of carboxylic acids is 1. The molecule has 0 aliphatic rings. The largest absolute Gasteiger partial charge is 0.480 e. The second kappa shape index (κ2) is 13.5. The number of hydrogen-bond acceptors (Lipinski definition) is 7. The molecule has 10 N–H and O–H groups in total. The molecular formula is C21H30N6O7. The molecule has 0 aliphatic carbocycles. The number of nitrogens with two attached hydrogens (primary N) is 3. The highest BCUT2D eigenvalue weighted by Gasteiger charge is 2.30. The zero-order valence-corrected chi connectivity index (χ0v) is 18.7. The molecule has 0 radical (unpaired) electrons. The number of carbonyl (C=O) groups excluding carboxylic acids is 5. The minimum Gasteiger partial charge on any atom is -0.480 e. The number of carboxylic acid groups (broad SMARTS) is 1. The van der Waals surface area contributed by atoms with Crippen LogP contribution in [0.3, 0.4) is 0 Å². The Labute approximate surface area is 195 Å². The maximum atomic E-state index is 12.7. The van der Waals surface area contributed by atoms with Gasteiger partial charge in [0.2, 0.25) is 29.5 Å². The van der Waals surface area contributed by atoms with E-state index in [9.17, 15) is 33.9 Å². The summed E-state index contributed by atoms with van der Waals surface area (Å²) < 4.78 is 0. The summed E-state index contributed by atoms with van der Waals surface area (Å²) in [5.41, 5.74) is 16.5. The van der Waals surface area contributed by atoms with Crippen LogP contribution in [0, 0.1) is 0 Å². The van der Waals surface area contributed by atoms with E-state index in [4.69, 9.17) is 17.2 Å². The fourth-order valence-corrected chi connectivity index (χ4v) is 2.84. The molecular weight excluding hydrogens is 448 g/mol. The lowest BCUT2D eigenvalue weighted by molar-refractivity contribution is -0.142. The molecule has 13 nitrogen and oxygen atoms in total. The number of primary amides is 2. The Balaban J connectivity index is 2.80. The molecule has 0 bridgehead atoms. The van der Waals surface area contributed by atoms with Crippen LogP contribution in [0.15, 0.2) is 30.3 Å². The summed E-state index contributed by atoms with van der Waals surface area (Å²) in [5.74, 6) is -5.37. The van der Waals surface area contributed by atoms with Crippen molar-refractivity contribution in [1.82, 2.24) is 16.0 Å². The van der Waals surface area contributed by atoms with E-state index in [1.807, 2.05) is 0 Å². The van der Waals surface area contributed by atoms with Crippen molar-refractivity contribution in [3.05, 3.63) is 35.9 Å². The van der Waals surface area contributed by atoms with Gasteiger partial charge in [0.25, 0.3) is 0 Å². The van der Waals surface area contributed by atoms with E-state index >= 15 is 0 Å². The lowest BCUT2D eigenvalue weighted by atomic mass is 10.0. The second-order valence-corrected chi connectivity index (χ2v) is 7.66. The van der Waals surface area contributed by atoms with Gasteiger partial charge in [-0.05, 0) is 18.9 Å². The molecule has 0 spiro atoms. The Morgan fingerprint density at radius 3 is 1.97 bits per heavy atom. The summed E-state index contributed by atoms with van der Waals surface area (Å²) in [4.78, 5) is 71.1. The molecule has 34 heavy (non-hydrogen) atoms. The van der Waals surface area contributed by atoms with Gasteiger partial charge in [0, 0.05) is 12.8 Å². The van der Waals surface area contributed by atoms with Gasteiger partial charge in [-0.25, -0.2) is 4.79 Å². The van der Waals surface area contributed by atoms with Gasteiger partial charge in [0.15, 0.2) is 0 Å². The zero-order valence-electron chi connectivity index (χ0n) is 18.7. The van der Waals surface area contributed by atoms with Crippen LogP contribution in [-0.4, -0.2) is 64.8 Å². The summed E-state index contributed by atoms with van der Waals surface area (Å²) in [6, 6.07) is 3.46. The molecule has 0 aliphatic heterocycles. The number of carbonyl (C=O) groups is 6. The van der Waals surface area contributed by atoms with Crippen molar-refractivity contribution in [2.24, 2.45) is 17.2 Å². The van der Waals surface area contributed by atoms with Crippen molar-refractivity contribution < 1.29 is 33.9 Å². The SMILES string of the molecule is CC(NC(=O)C(N)CCC(N)=O)C(=O)NC(CC(N)=O)C(=O)NC(Cc1ccccc1)C(=O)O. The molecule has 0 heterocycles. The Morgan fingerprint density at radius 1 is 0.853 bits per heavy atom. The topological polar surface area (TPSA) is 237 Å². The lowest BCUT2D eigenvalue weighted by Crippen LogP contribution is -2.57. The van der Waals surface area contributed by atoms with E-state index < -0.39 is 66.1 Å². The summed E-state index contributed by atoms with van der Waals surface area (Å²) in [6.45, 7) is 1.31. The Kier molecular flexibility index (Phi) is 11.2. The molecule has 0 aromatic heterocycles. The predicted molar refractivity (Wildman–Crippen MR) is 119 cm³/mol. The molecule has 4 unspecified atom stereocenters. The highest BCUT2D eigenvalue weighted by Crippen LogP contribution is 2.05. The van der Waals surface area contributed by atoms with Crippen molar-refractivity contribution in [3.8, 4) is 0 Å². The van der Waals surface area contributed by atoms with Crippen LogP contribution >= 0.6 is 0 Å². The predicted octanol–water partition coefficient (Wildman–Crippen LogP) is -2.74. The van der Waals surface area contributed by atoms with Crippen molar-refractivity contribution in [2.45, 2.75) is 56.8 Å². The third-order valence-corrected chi connectivity index (χ3v) is 4.73. The van der Waals surface area contributed by atoms with E-state index in [-0.39, 0.29) is 19.3 Å². The van der Waals surface area contributed by atoms with Gasteiger partial charge in [0.1, 0.15) is 18.1 Å². The maximum absolute atomic E-state index is 12.7. The monoisotopic (exact) mass is 478 g/mol. The van der Waals surface area contributed by atoms with Gasteiger partial charge >= 0.3 is 5.97 Å². The third kappa shape index (κ3) is 10.1. The molecule has 4 atom stereocenters. The first-order chi connectivity index (χ1) is 15.9. The fraction of sp³-hybridized carbons (Fsp3) is 0.429. The van der Waals surface area contributed by atoms with Gasteiger partial charge in [-0.3, -0.25) is 24.0 Å². The standard InChI is InChI=1S/C21H30N6O7/c1-11(25-19(31)13(22)7-8-16(23)28)18(30)26-14(10-17(24)29)20(32)27-15(21(33)34)9-12-5-3-2-4-6-12/h2-6,11,13-15H,7-10,22H2,1H3,(H2,23,28)(H2,24,29)(H,25,31)(H,26,30)(H,27,32)(H,33,34). The van der Waals surface area contributed by atoms with Crippen LogP contribution in [0.2, 0.25) is 0 Å². The molecule has 13 heteroatoms. The van der Waals surface area contributed by atoms with Gasteiger partial charge in [0.05, 0.1) is 12.5 Å². The maximum Gasteiger partial charge on any atom is 0.326 e. The average Bonchev–Trinajstić information content (AvgIpc) is 2.76. The van der Waals surface area contributed by atoms with Crippen molar-refractivity contribution in [2.75, 3.05) is 0 Å². The fourth-order valence-electron chi connectivity index (χ4n) is 2.84. The minimum absolute atomic E-state index is 0.0276. The number of benzene rings is 1.